The van der Waals surface area contributed by atoms with Crippen molar-refractivity contribution >= 4 is 21.7 Å². The molecule has 0 radical (unpaired) electrons. The highest BCUT2D eigenvalue weighted by Gasteiger charge is 2.20. The first-order valence-electron chi connectivity index (χ1n) is 6.37. The number of methoxy groups -OCH3 is 1. The van der Waals surface area contributed by atoms with Crippen LogP contribution in [-0.4, -0.2) is 35.0 Å². The Morgan fingerprint density at radius 1 is 1.33 bits per heavy atom. The van der Waals surface area contributed by atoms with Gasteiger partial charge in [0, 0.05) is 17.9 Å². The van der Waals surface area contributed by atoms with Gasteiger partial charge in [0.2, 0.25) is 5.88 Å². The van der Waals surface area contributed by atoms with Gasteiger partial charge in [0.1, 0.15) is 12.1 Å². The molecule has 18 heavy (non-hydrogen) atoms. The van der Waals surface area contributed by atoms with Gasteiger partial charge >= 0.3 is 0 Å². The largest absolute Gasteiger partial charge is 0.481 e. The quantitative estimate of drug-likeness (QED) is 0.724. The number of hydrogen-bond donors (Lipinski definition) is 0. The van der Waals surface area contributed by atoms with Gasteiger partial charge in [-0.2, -0.15) is 0 Å². The highest BCUT2D eigenvalue weighted by molar-refractivity contribution is 9.09. The molecule has 1 aromatic rings. The number of alkyl halides is 1. The fraction of sp³-hybridized carbons (Fsp3) is 0.692. The summed E-state index contributed by atoms with van der Waals surface area (Å²) >= 11 is 3.52. The summed E-state index contributed by atoms with van der Waals surface area (Å²) in [6.45, 7) is 7.37. The third kappa shape index (κ3) is 3.34. The van der Waals surface area contributed by atoms with Crippen LogP contribution < -0.4 is 9.64 Å². The summed E-state index contributed by atoms with van der Waals surface area (Å²) < 4.78 is 5.27. The summed E-state index contributed by atoms with van der Waals surface area (Å²) in [5.41, 5.74) is 1.01. The molecule has 0 atom stereocenters. The van der Waals surface area contributed by atoms with Crippen molar-refractivity contribution in [3.8, 4) is 5.88 Å². The fourth-order valence-corrected chi connectivity index (χ4v) is 2.58. The van der Waals surface area contributed by atoms with E-state index < -0.39 is 0 Å². The molecule has 0 aliphatic carbocycles. The van der Waals surface area contributed by atoms with Crippen LogP contribution in [0.3, 0.4) is 0 Å². The maximum absolute atomic E-state index is 5.27. The summed E-state index contributed by atoms with van der Waals surface area (Å²) in [5, 5.41) is 0.926. The molecule has 0 unspecified atom stereocenters. The lowest BCUT2D eigenvalue weighted by molar-refractivity contribution is 0.393. The molecular formula is C13H22BrN3O. The minimum absolute atomic E-state index is 0.501. The summed E-state index contributed by atoms with van der Waals surface area (Å²) in [6, 6.07) is 0.501. The van der Waals surface area contributed by atoms with Crippen LogP contribution in [-0.2, 0) is 0 Å². The third-order valence-electron chi connectivity index (χ3n) is 3.19. The van der Waals surface area contributed by atoms with Crippen LogP contribution in [0.4, 0.5) is 5.82 Å². The zero-order valence-corrected chi connectivity index (χ0v) is 13.2. The van der Waals surface area contributed by atoms with Crippen molar-refractivity contribution in [2.24, 2.45) is 0 Å². The number of anilines is 1. The second-order valence-electron chi connectivity index (χ2n) is 4.18. The molecule has 0 saturated heterocycles. The molecule has 4 nitrogen and oxygen atoms in total. The van der Waals surface area contributed by atoms with Crippen LogP contribution in [0.25, 0.3) is 0 Å². The smallest absolute Gasteiger partial charge is 0.221 e. The molecule has 0 spiro atoms. The lowest BCUT2D eigenvalue weighted by atomic mass is 10.1. The number of hydrogen-bond acceptors (Lipinski definition) is 4. The predicted octanol–water partition coefficient (Wildman–Crippen LogP) is 3.18. The Labute approximate surface area is 118 Å². The Morgan fingerprint density at radius 2 is 2.00 bits per heavy atom. The molecule has 0 amide bonds. The van der Waals surface area contributed by atoms with Gasteiger partial charge in [-0.05, 0) is 19.8 Å². The standard InChI is InChI=1S/C13H22BrN3O/c1-5-11(6-2)17(8-7-14)12-10(3)13(18-4)16-9-15-12/h9,11H,5-8H2,1-4H3. The first-order chi connectivity index (χ1) is 8.69. The Hall–Kier alpha value is -0.840. The normalized spacial score (nSPS) is 10.8. The summed E-state index contributed by atoms with van der Waals surface area (Å²) in [5.74, 6) is 1.64. The first-order valence-corrected chi connectivity index (χ1v) is 7.49. The fourth-order valence-electron chi connectivity index (χ4n) is 2.20. The van der Waals surface area contributed by atoms with Gasteiger partial charge in [-0.15, -0.1) is 0 Å². The second kappa shape index (κ2) is 7.56. The highest BCUT2D eigenvalue weighted by Crippen LogP contribution is 2.26. The van der Waals surface area contributed by atoms with Crippen molar-refractivity contribution in [1.29, 1.82) is 0 Å². The van der Waals surface area contributed by atoms with E-state index in [0.717, 1.165) is 36.1 Å². The average molecular weight is 316 g/mol. The Bertz CT molecular complexity index is 369. The van der Waals surface area contributed by atoms with E-state index in [9.17, 15) is 0 Å². The van der Waals surface area contributed by atoms with Gasteiger partial charge in [-0.1, -0.05) is 29.8 Å². The van der Waals surface area contributed by atoms with Crippen molar-refractivity contribution < 1.29 is 4.74 Å². The van der Waals surface area contributed by atoms with Crippen LogP contribution >= 0.6 is 15.9 Å². The molecule has 1 aromatic heterocycles. The van der Waals surface area contributed by atoms with E-state index in [2.05, 4.69) is 44.6 Å². The SMILES string of the molecule is CCC(CC)N(CCBr)c1ncnc(OC)c1C. The summed E-state index contributed by atoms with van der Waals surface area (Å²) in [4.78, 5) is 10.9. The van der Waals surface area contributed by atoms with Gasteiger partial charge in [0.25, 0.3) is 0 Å². The molecule has 102 valence electrons. The van der Waals surface area contributed by atoms with Gasteiger partial charge in [0.15, 0.2) is 0 Å². The second-order valence-corrected chi connectivity index (χ2v) is 4.98. The van der Waals surface area contributed by atoms with E-state index in [1.807, 2.05) is 6.92 Å². The number of aromatic nitrogens is 2. The van der Waals surface area contributed by atoms with Gasteiger partial charge in [-0.25, -0.2) is 9.97 Å². The number of halogens is 1. The maximum Gasteiger partial charge on any atom is 0.221 e. The van der Waals surface area contributed by atoms with Crippen LogP contribution in [0.2, 0.25) is 0 Å². The average Bonchev–Trinajstić information content (AvgIpc) is 2.39. The van der Waals surface area contributed by atoms with Gasteiger partial charge in [0.05, 0.1) is 12.7 Å². The molecule has 0 aliphatic rings. The molecule has 0 saturated carbocycles. The third-order valence-corrected chi connectivity index (χ3v) is 3.54. The molecule has 0 bridgehead atoms. The van der Waals surface area contributed by atoms with Gasteiger partial charge < -0.3 is 9.64 Å². The molecule has 5 heteroatoms. The van der Waals surface area contributed by atoms with Crippen molar-refractivity contribution in [3.05, 3.63) is 11.9 Å². The van der Waals surface area contributed by atoms with E-state index in [1.165, 1.54) is 0 Å². The van der Waals surface area contributed by atoms with Crippen LogP contribution in [0, 0.1) is 6.92 Å². The number of nitrogens with zero attached hydrogens (tertiary/aromatic N) is 3. The molecule has 1 heterocycles. The monoisotopic (exact) mass is 315 g/mol. The molecule has 0 N–H and O–H groups in total. The van der Waals surface area contributed by atoms with Crippen molar-refractivity contribution in [2.45, 2.75) is 39.7 Å². The van der Waals surface area contributed by atoms with Crippen molar-refractivity contribution in [2.75, 3.05) is 23.9 Å². The maximum atomic E-state index is 5.27. The minimum atomic E-state index is 0.501. The predicted molar refractivity (Wildman–Crippen MR) is 78.8 cm³/mol. The first kappa shape index (κ1) is 15.2. The highest BCUT2D eigenvalue weighted by atomic mass is 79.9. The van der Waals surface area contributed by atoms with Crippen LogP contribution in [0.5, 0.6) is 5.88 Å². The van der Waals surface area contributed by atoms with E-state index in [0.29, 0.717) is 11.9 Å². The molecule has 0 aromatic carbocycles. The molecular weight excluding hydrogens is 294 g/mol. The Balaban J connectivity index is 3.12. The lowest BCUT2D eigenvalue weighted by Gasteiger charge is -2.32. The number of ether oxygens (including phenoxy) is 1. The van der Waals surface area contributed by atoms with Gasteiger partial charge in [-0.3, -0.25) is 0 Å². The van der Waals surface area contributed by atoms with E-state index in [1.54, 1.807) is 13.4 Å². The molecule has 1 rings (SSSR count). The van der Waals surface area contributed by atoms with E-state index in [4.69, 9.17) is 4.74 Å². The topological polar surface area (TPSA) is 38.2 Å². The summed E-state index contributed by atoms with van der Waals surface area (Å²) in [6.07, 6.45) is 3.79. The zero-order chi connectivity index (χ0) is 13.5. The van der Waals surface area contributed by atoms with Crippen molar-refractivity contribution in [1.82, 2.24) is 9.97 Å². The lowest BCUT2D eigenvalue weighted by Crippen LogP contribution is -2.37. The van der Waals surface area contributed by atoms with Crippen LogP contribution in [0.1, 0.15) is 32.3 Å². The summed E-state index contributed by atoms with van der Waals surface area (Å²) in [7, 11) is 1.64. The van der Waals surface area contributed by atoms with E-state index >= 15 is 0 Å². The molecule has 0 aliphatic heterocycles. The molecule has 0 fully saturated rings. The number of rotatable bonds is 7. The Morgan fingerprint density at radius 3 is 2.50 bits per heavy atom. The van der Waals surface area contributed by atoms with Crippen molar-refractivity contribution in [3.63, 3.8) is 0 Å². The minimum Gasteiger partial charge on any atom is -0.481 e. The Kier molecular flexibility index (Phi) is 6.39. The van der Waals surface area contributed by atoms with E-state index in [-0.39, 0.29) is 0 Å². The van der Waals surface area contributed by atoms with Crippen LogP contribution in [0.15, 0.2) is 6.33 Å². The zero-order valence-electron chi connectivity index (χ0n) is 11.6.